The predicted molar refractivity (Wildman–Crippen MR) is 58.9 cm³/mol. The first-order valence-corrected chi connectivity index (χ1v) is 5.00. The standard InChI is InChI=1S/C9H8BrN3O2/c1-2-15-9(14)7-5-6(12-13-11)3-4-8(7)10/h3-5H,2H2,1H3. The molecule has 0 amide bonds. The van der Waals surface area contributed by atoms with Crippen LogP contribution in [-0.2, 0) is 4.74 Å². The summed E-state index contributed by atoms with van der Waals surface area (Å²) in [6, 6.07) is 4.71. The lowest BCUT2D eigenvalue weighted by atomic mass is 10.2. The van der Waals surface area contributed by atoms with Gasteiger partial charge in [0.25, 0.3) is 0 Å². The van der Waals surface area contributed by atoms with E-state index in [1.165, 1.54) is 6.07 Å². The zero-order chi connectivity index (χ0) is 11.3. The molecule has 0 aliphatic heterocycles. The van der Waals surface area contributed by atoms with E-state index in [9.17, 15) is 4.79 Å². The normalized spacial score (nSPS) is 9.20. The molecule has 0 aliphatic carbocycles. The number of ether oxygens (including phenoxy) is 1. The summed E-state index contributed by atoms with van der Waals surface area (Å²) in [5, 5.41) is 3.40. The molecule has 1 aromatic rings. The van der Waals surface area contributed by atoms with Crippen molar-refractivity contribution in [3.63, 3.8) is 0 Å². The van der Waals surface area contributed by atoms with Gasteiger partial charge < -0.3 is 4.74 Å². The van der Waals surface area contributed by atoms with Gasteiger partial charge >= 0.3 is 5.97 Å². The summed E-state index contributed by atoms with van der Waals surface area (Å²) in [4.78, 5) is 14.1. The Bertz CT molecular complexity index is 427. The van der Waals surface area contributed by atoms with Gasteiger partial charge in [0, 0.05) is 15.1 Å². The van der Waals surface area contributed by atoms with Crippen molar-refractivity contribution >= 4 is 27.6 Å². The highest BCUT2D eigenvalue weighted by molar-refractivity contribution is 9.10. The smallest absolute Gasteiger partial charge is 0.339 e. The maximum absolute atomic E-state index is 11.4. The van der Waals surface area contributed by atoms with Crippen molar-refractivity contribution in [3.05, 3.63) is 38.7 Å². The van der Waals surface area contributed by atoms with E-state index >= 15 is 0 Å². The first-order chi connectivity index (χ1) is 7.19. The Kier molecular flexibility index (Phi) is 4.15. The summed E-state index contributed by atoms with van der Waals surface area (Å²) in [7, 11) is 0. The molecule has 78 valence electrons. The van der Waals surface area contributed by atoms with Gasteiger partial charge in [-0.1, -0.05) is 11.2 Å². The van der Waals surface area contributed by atoms with E-state index in [1.54, 1.807) is 19.1 Å². The zero-order valence-corrected chi connectivity index (χ0v) is 9.56. The summed E-state index contributed by atoms with van der Waals surface area (Å²) in [5.74, 6) is -0.445. The number of benzene rings is 1. The van der Waals surface area contributed by atoms with Gasteiger partial charge in [-0.05, 0) is 40.5 Å². The van der Waals surface area contributed by atoms with Crippen molar-refractivity contribution in [2.45, 2.75) is 6.92 Å². The summed E-state index contributed by atoms with van der Waals surface area (Å²) in [6.07, 6.45) is 0. The van der Waals surface area contributed by atoms with Crippen LogP contribution in [0.15, 0.2) is 27.8 Å². The summed E-state index contributed by atoms with van der Waals surface area (Å²) >= 11 is 3.22. The minimum Gasteiger partial charge on any atom is -0.462 e. The molecule has 15 heavy (non-hydrogen) atoms. The molecular weight excluding hydrogens is 262 g/mol. The molecule has 0 aliphatic rings. The van der Waals surface area contributed by atoms with Crippen LogP contribution >= 0.6 is 15.9 Å². The first-order valence-electron chi connectivity index (χ1n) is 4.20. The van der Waals surface area contributed by atoms with Crippen LogP contribution in [0.4, 0.5) is 5.69 Å². The number of rotatable bonds is 3. The van der Waals surface area contributed by atoms with Crippen LogP contribution in [0.5, 0.6) is 0 Å². The molecule has 0 fully saturated rings. The van der Waals surface area contributed by atoms with Gasteiger partial charge in [0.2, 0.25) is 0 Å². The Morgan fingerprint density at radius 2 is 2.40 bits per heavy atom. The monoisotopic (exact) mass is 269 g/mol. The molecule has 1 aromatic carbocycles. The molecule has 0 bridgehead atoms. The van der Waals surface area contributed by atoms with Crippen molar-refractivity contribution in [3.8, 4) is 0 Å². The van der Waals surface area contributed by atoms with E-state index in [4.69, 9.17) is 10.3 Å². The predicted octanol–water partition coefficient (Wildman–Crippen LogP) is 3.57. The largest absolute Gasteiger partial charge is 0.462 e. The van der Waals surface area contributed by atoms with Crippen LogP contribution in [-0.4, -0.2) is 12.6 Å². The van der Waals surface area contributed by atoms with E-state index in [2.05, 4.69) is 26.0 Å². The highest BCUT2D eigenvalue weighted by Crippen LogP contribution is 2.23. The molecule has 0 saturated carbocycles. The van der Waals surface area contributed by atoms with Gasteiger partial charge in [-0.3, -0.25) is 0 Å². The second-order valence-electron chi connectivity index (χ2n) is 2.57. The lowest BCUT2D eigenvalue weighted by molar-refractivity contribution is 0.0525. The van der Waals surface area contributed by atoms with Gasteiger partial charge in [-0.2, -0.15) is 0 Å². The Morgan fingerprint density at radius 3 is 3.00 bits per heavy atom. The average Bonchev–Trinajstić information content (AvgIpc) is 2.21. The fourth-order valence-electron chi connectivity index (χ4n) is 0.992. The number of azide groups is 1. The molecule has 0 atom stereocenters. The van der Waals surface area contributed by atoms with Crippen LogP contribution in [0.3, 0.4) is 0 Å². The van der Waals surface area contributed by atoms with E-state index in [0.29, 0.717) is 22.3 Å². The molecule has 0 heterocycles. The van der Waals surface area contributed by atoms with Crippen molar-refractivity contribution in [2.24, 2.45) is 5.11 Å². The van der Waals surface area contributed by atoms with Crippen LogP contribution in [0, 0.1) is 0 Å². The van der Waals surface area contributed by atoms with Crippen LogP contribution in [0.1, 0.15) is 17.3 Å². The molecule has 0 unspecified atom stereocenters. The molecule has 1 rings (SSSR count). The molecule has 0 saturated heterocycles. The Balaban J connectivity index is 3.10. The highest BCUT2D eigenvalue weighted by Gasteiger charge is 2.11. The lowest BCUT2D eigenvalue weighted by Gasteiger charge is -2.04. The molecule has 0 aromatic heterocycles. The van der Waals surface area contributed by atoms with Crippen molar-refractivity contribution in [2.75, 3.05) is 6.61 Å². The Morgan fingerprint density at radius 1 is 1.67 bits per heavy atom. The van der Waals surface area contributed by atoms with Crippen LogP contribution < -0.4 is 0 Å². The summed E-state index contributed by atoms with van der Waals surface area (Å²) in [5.41, 5.74) is 8.98. The second-order valence-corrected chi connectivity index (χ2v) is 3.43. The molecular formula is C9H8BrN3O2. The number of nitrogens with zero attached hydrogens (tertiary/aromatic N) is 3. The zero-order valence-electron chi connectivity index (χ0n) is 7.98. The Labute approximate surface area is 94.8 Å². The van der Waals surface area contributed by atoms with Crippen molar-refractivity contribution in [1.82, 2.24) is 0 Å². The third-order valence-electron chi connectivity index (χ3n) is 1.61. The summed E-state index contributed by atoms with van der Waals surface area (Å²) < 4.78 is 5.45. The molecule has 5 nitrogen and oxygen atoms in total. The quantitative estimate of drug-likeness (QED) is 0.364. The number of esters is 1. The number of halogens is 1. The van der Waals surface area contributed by atoms with Crippen molar-refractivity contribution < 1.29 is 9.53 Å². The minimum absolute atomic E-state index is 0.303. The van der Waals surface area contributed by atoms with Gasteiger partial charge in [0.1, 0.15) is 0 Å². The minimum atomic E-state index is -0.445. The average molecular weight is 270 g/mol. The molecule has 6 heteroatoms. The van der Waals surface area contributed by atoms with Crippen LogP contribution in [0.2, 0.25) is 0 Å². The number of carbonyl (C=O) groups is 1. The number of hydrogen-bond donors (Lipinski definition) is 0. The first kappa shape index (κ1) is 11.6. The van der Waals surface area contributed by atoms with E-state index in [1.807, 2.05) is 0 Å². The lowest BCUT2D eigenvalue weighted by Crippen LogP contribution is -2.05. The van der Waals surface area contributed by atoms with Crippen molar-refractivity contribution in [1.29, 1.82) is 0 Å². The van der Waals surface area contributed by atoms with E-state index < -0.39 is 5.97 Å². The maximum atomic E-state index is 11.4. The molecule has 0 radical (unpaired) electrons. The fourth-order valence-corrected chi connectivity index (χ4v) is 1.40. The van der Waals surface area contributed by atoms with Gasteiger partial charge in [-0.15, -0.1) is 0 Å². The second kappa shape index (κ2) is 5.38. The SMILES string of the molecule is CCOC(=O)c1cc(N=[N+]=[N-])ccc1Br. The highest BCUT2D eigenvalue weighted by atomic mass is 79.9. The van der Waals surface area contributed by atoms with Crippen LogP contribution in [0.25, 0.3) is 10.4 Å². The topological polar surface area (TPSA) is 75.1 Å². The van der Waals surface area contributed by atoms with Gasteiger partial charge in [0.15, 0.2) is 0 Å². The fraction of sp³-hybridized carbons (Fsp3) is 0.222. The molecule has 0 N–H and O–H groups in total. The summed E-state index contributed by atoms with van der Waals surface area (Å²) in [6.45, 7) is 2.03. The van der Waals surface area contributed by atoms with Gasteiger partial charge in [-0.25, -0.2) is 4.79 Å². The third kappa shape index (κ3) is 2.97. The Hall–Kier alpha value is -1.52. The van der Waals surface area contributed by atoms with E-state index in [-0.39, 0.29) is 0 Å². The number of carbonyl (C=O) groups excluding carboxylic acids is 1. The maximum Gasteiger partial charge on any atom is 0.339 e. The van der Waals surface area contributed by atoms with E-state index in [0.717, 1.165) is 0 Å². The third-order valence-corrected chi connectivity index (χ3v) is 2.30. The molecule has 0 spiro atoms. The van der Waals surface area contributed by atoms with Gasteiger partial charge in [0.05, 0.1) is 12.2 Å². The number of hydrogen-bond acceptors (Lipinski definition) is 3.